The number of thiocarbonyl (C=S) groups is 1. The lowest BCUT2D eigenvalue weighted by atomic mass is 10.1. The number of nitro groups is 1. The van der Waals surface area contributed by atoms with E-state index in [1.54, 1.807) is 19.1 Å². The standard InChI is InChI=1S/C16H17N3O2S/c1-10-4-5-11(2)14(8-10)18-16(22)17-13-7-6-12(3)15(9-13)19(20)21/h4-9H,1-3H3,(H2,17,18,22). The Labute approximate surface area is 134 Å². The molecule has 0 heterocycles. The molecule has 0 aromatic heterocycles. The Kier molecular flexibility index (Phi) is 4.72. The van der Waals surface area contributed by atoms with Gasteiger partial charge >= 0.3 is 0 Å². The summed E-state index contributed by atoms with van der Waals surface area (Å²) in [6.45, 7) is 5.69. The fraction of sp³-hybridized carbons (Fsp3) is 0.188. The average molecular weight is 315 g/mol. The number of hydrogen-bond donors (Lipinski definition) is 2. The lowest BCUT2D eigenvalue weighted by Crippen LogP contribution is -2.19. The van der Waals surface area contributed by atoms with Crippen molar-refractivity contribution in [1.82, 2.24) is 0 Å². The highest BCUT2D eigenvalue weighted by Crippen LogP contribution is 2.23. The van der Waals surface area contributed by atoms with Crippen LogP contribution in [-0.2, 0) is 0 Å². The zero-order valence-corrected chi connectivity index (χ0v) is 13.5. The predicted molar refractivity (Wildman–Crippen MR) is 93.6 cm³/mol. The van der Waals surface area contributed by atoms with Crippen LogP contribution in [-0.4, -0.2) is 10.0 Å². The molecule has 2 aromatic carbocycles. The first kappa shape index (κ1) is 15.9. The molecule has 0 amide bonds. The fourth-order valence-corrected chi connectivity index (χ4v) is 2.27. The van der Waals surface area contributed by atoms with E-state index in [9.17, 15) is 10.1 Å². The lowest BCUT2D eigenvalue weighted by Gasteiger charge is -2.13. The summed E-state index contributed by atoms with van der Waals surface area (Å²) >= 11 is 5.27. The van der Waals surface area contributed by atoms with Crippen molar-refractivity contribution < 1.29 is 4.92 Å². The monoisotopic (exact) mass is 315 g/mol. The van der Waals surface area contributed by atoms with Crippen molar-refractivity contribution in [2.45, 2.75) is 20.8 Å². The molecule has 5 nitrogen and oxygen atoms in total. The molecule has 0 aliphatic carbocycles. The number of nitrogens with zero attached hydrogens (tertiary/aromatic N) is 1. The summed E-state index contributed by atoms with van der Waals surface area (Å²) in [6.07, 6.45) is 0. The Morgan fingerprint density at radius 1 is 1.05 bits per heavy atom. The summed E-state index contributed by atoms with van der Waals surface area (Å²) in [6, 6.07) is 11.0. The van der Waals surface area contributed by atoms with Crippen LogP contribution in [0.3, 0.4) is 0 Å². The topological polar surface area (TPSA) is 67.2 Å². The van der Waals surface area contributed by atoms with Crippen molar-refractivity contribution in [1.29, 1.82) is 0 Å². The van der Waals surface area contributed by atoms with Gasteiger partial charge in [-0.15, -0.1) is 0 Å². The summed E-state index contributed by atoms with van der Waals surface area (Å²) < 4.78 is 0. The van der Waals surface area contributed by atoms with E-state index in [0.29, 0.717) is 16.4 Å². The molecule has 0 spiro atoms. The van der Waals surface area contributed by atoms with E-state index in [-0.39, 0.29) is 5.69 Å². The number of anilines is 2. The van der Waals surface area contributed by atoms with Gasteiger partial charge in [0, 0.05) is 23.0 Å². The minimum atomic E-state index is -0.401. The third-order valence-electron chi connectivity index (χ3n) is 3.30. The van der Waals surface area contributed by atoms with Gasteiger partial charge in [-0.05, 0) is 56.2 Å². The van der Waals surface area contributed by atoms with Gasteiger partial charge < -0.3 is 10.6 Å². The van der Waals surface area contributed by atoms with Gasteiger partial charge in [0.1, 0.15) is 0 Å². The number of benzene rings is 2. The van der Waals surface area contributed by atoms with Gasteiger partial charge in [-0.25, -0.2) is 0 Å². The molecule has 6 heteroatoms. The maximum absolute atomic E-state index is 11.0. The number of rotatable bonds is 3. The van der Waals surface area contributed by atoms with Crippen molar-refractivity contribution in [3.8, 4) is 0 Å². The fourth-order valence-electron chi connectivity index (χ4n) is 2.04. The first-order valence-electron chi connectivity index (χ1n) is 6.77. The van der Waals surface area contributed by atoms with Crippen LogP contribution in [0.25, 0.3) is 0 Å². The Balaban J connectivity index is 2.14. The minimum Gasteiger partial charge on any atom is -0.332 e. The van der Waals surface area contributed by atoms with E-state index in [1.165, 1.54) is 6.07 Å². The van der Waals surface area contributed by atoms with Crippen molar-refractivity contribution >= 4 is 34.4 Å². The summed E-state index contributed by atoms with van der Waals surface area (Å²) in [5, 5.41) is 17.4. The second kappa shape index (κ2) is 6.53. The molecule has 2 rings (SSSR count). The molecule has 0 saturated heterocycles. The van der Waals surface area contributed by atoms with Crippen LogP contribution in [0.1, 0.15) is 16.7 Å². The van der Waals surface area contributed by atoms with E-state index in [1.807, 2.05) is 32.0 Å². The molecule has 0 radical (unpaired) electrons. The molecule has 0 unspecified atom stereocenters. The first-order valence-corrected chi connectivity index (χ1v) is 7.18. The van der Waals surface area contributed by atoms with E-state index < -0.39 is 4.92 Å². The van der Waals surface area contributed by atoms with E-state index in [2.05, 4.69) is 10.6 Å². The SMILES string of the molecule is Cc1ccc(C)c(NC(=S)Nc2ccc(C)c([N+](=O)[O-])c2)c1. The normalized spacial score (nSPS) is 10.1. The van der Waals surface area contributed by atoms with Crippen molar-refractivity contribution in [2.75, 3.05) is 10.6 Å². The van der Waals surface area contributed by atoms with Crippen LogP contribution in [0, 0.1) is 30.9 Å². The molecule has 114 valence electrons. The van der Waals surface area contributed by atoms with Crippen LogP contribution in [0.4, 0.5) is 17.1 Å². The molecule has 0 bridgehead atoms. The van der Waals surface area contributed by atoms with Crippen molar-refractivity contribution in [3.05, 3.63) is 63.2 Å². The smallest absolute Gasteiger partial charge is 0.274 e. The zero-order valence-electron chi connectivity index (χ0n) is 12.6. The largest absolute Gasteiger partial charge is 0.332 e. The van der Waals surface area contributed by atoms with Crippen LogP contribution < -0.4 is 10.6 Å². The number of hydrogen-bond acceptors (Lipinski definition) is 3. The molecule has 22 heavy (non-hydrogen) atoms. The van der Waals surface area contributed by atoms with Gasteiger partial charge in [-0.3, -0.25) is 10.1 Å². The molecular weight excluding hydrogens is 298 g/mol. The molecule has 2 N–H and O–H groups in total. The maximum atomic E-state index is 11.0. The lowest BCUT2D eigenvalue weighted by molar-refractivity contribution is -0.385. The Hall–Kier alpha value is -2.47. The van der Waals surface area contributed by atoms with Crippen LogP contribution in [0.5, 0.6) is 0 Å². The van der Waals surface area contributed by atoms with Gasteiger partial charge in [-0.1, -0.05) is 18.2 Å². The van der Waals surface area contributed by atoms with Crippen LogP contribution in [0.2, 0.25) is 0 Å². The van der Waals surface area contributed by atoms with Crippen LogP contribution in [0.15, 0.2) is 36.4 Å². The molecule has 0 saturated carbocycles. The number of nitrogens with one attached hydrogen (secondary N) is 2. The number of aryl methyl sites for hydroxylation is 3. The molecule has 0 aliphatic heterocycles. The molecular formula is C16H17N3O2S. The molecule has 2 aromatic rings. The second-order valence-electron chi connectivity index (χ2n) is 5.16. The second-order valence-corrected chi connectivity index (χ2v) is 5.56. The highest BCUT2D eigenvalue weighted by Gasteiger charge is 2.11. The number of nitro benzene ring substituents is 1. The molecule has 0 atom stereocenters. The molecule has 0 fully saturated rings. The highest BCUT2D eigenvalue weighted by atomic mass is 32.1. The van der Waals surface area contributed by atoms with Crippen molar-refractivity contribution in [2.24, 2.45) is 0 Å². The van der Waals surface area contributed by atoms with Gasteiger partial charge in [0.25, 0.3) is 5.69 Å². The summed E-state index contributed by atoms with van der Waals surface area (Å²) in [5.74, 6) is 0. The van der Waals surface area contributed by atoms with Crippen molar-refractivity contribution in [3.63, 3.8) is 0 Å². The van der Waals surface area contributed by atoms with E-state index >= 15 is 0 Å². The third-order valence-corrected chi connectivity index (χ3v) is 3.51. The summed E-state index contributed by atoms with van der Waals surface area (Å²) in [5.41, 5.74) is 4.38. The van der Waals surface area contributed by atoms with Gasteiger partial charge in [0.2, 0.25) is 0 Å². The average Bonchev–Trinajstić information content (AvgIpc) is 2.44. The predicted octanol–water partition coefficient (Wildman–Crippen LogP) is 4.33. The Morgan fingerprint density at radius 2 is 1.73 bits per heavy atom. The Bertz CT molecular complexity index is 744. The first-order chi connectivity index (χ1) is 10.4. The van der Waals surface area contributed by atoms with Gasteiger partial charge in [-0.2, -0.15) is 0 Å². The summed E-state index contributed by atoms with van der Waals surface area (Å²) in [4.78, 5) is 10.6. The highest BCUT2D eigenvalue weighted by molar-refractivity contribution is 7.80. The zero-order chi connectivity index (χ0) is 16.3. The van der Waals surface area contributed by atoms with E-state index in [4.69, 9.17) is 12.2 Å². The van der Waals surface area contributed by atoms with E-state index in [0.717, 1.165) is 16.8 Å². The van der Waals surface area contributed by atoms with Gasteiger partial charge in [0.05, 0.1) is 4.92 Å². The molecule has 0 aliphatic rings. The quantitative estimate of drug-likeness (QED) is 0.501. The summed E-state index contributed by atoms with van der Waals surface area (Å²) in [7, 11) is 0. The minimum absolute atomic E-state index is 0.0690. The van der Waals surface area contributed by atoms with Gasteiger partial charge in [0.15, 0.2) is 5.11 Å². The van der Waals surface area contributed by atoms with Crippen LogP contribution >= 0.6 is 12.2 Å². The third kappa shape index (κ3) is 3.79. The maximum Gasteiger partial charge on any atom is 0.274 e. The Morgan fingerprint density at radius 3 is 2.41 bits per heavy atom.